The first-order valence-electron chi connectivity index (χ1n) is 6.83. The van der Waals surface area contributed by atoms with Gasteiger partial charge in [0.05, 0.1) is 12.4 Å². The van der Waals surface area contributed by atoms with Crippen molar-refractivity contribution in [2.75, 3.05) is 35.7 Å². The van der Waals surface area contributed by atoms with Crippen LogP contribution in [0.15, 0.2) is 12.4 Å². The molecule has 110 valence electrons. The average Bonchev–Trinajstić information content (AvgIpc) is 2.52. The summed E-state index contributed by atoms with van der Waals surface area (Å²) in [5.41, 5.74) is 0.375. The molecule has 2 N–H and O–H groups in total. The molecule has 2 heterocycles. The van der Waals surface area contributed by atoms with E-state index >= 15 is 0 Å². The van der Waals surface area contributed by atoms with Gasteiger partial charge in [-0.3, -0.25) is 9.78 Å². The van der Waals surface area contributed by atoms with Crippen molar-refractivity contribution in [3.05, 3.63) is 18.1 Å². The Balaban J connectivity index is 1.84. The molecule has 20 heavy (non-hydrogen) atoms. The number of anilines is 1. The highest BCUT2D eigenvalue weighted by atomic mass is 32.2. The topological polar surface area (TPSA) is 66.9 Å². The van der Waals surface area contributed by atoms with Crippen LogP contribution in [0, 0.1) is 0 Å². The molecule has 0 bridgehead atoms. The first-order chi connectivity index (χ1) is 9.79. The lowest BCUT2D eigenvalue weighted by Crippen LogP contribution is -2.34. The molecule has 1 aromatic heterocycles. The maximum Gasteiger partial charge on any atom is 0.271 e. The molecule has 1 unspecified atom stereocenters. The summed E-state index contributed by atoms with van der Waals surface area (Å²) in [5, 5.41) is 6.59. The highest BCUT2D eigenvalue weighted by molar-refractivity contribution is 8.06. The van der Waals surface area contributed by atoms with Crippen LogP contribution in [0.5, 0.6) is 0 Å². The predicted octanol–water partition coefficient (Wildman–Crippen LogP) is 1.88. The molecular formula is C13H20N4OS2. The van der Waals surface area contributed by atoms with Crippen LogP contribution in [0.3, 0.4) is 0 Å². The van der Waals surface area contributed by atoms with Gasteiger partial charge in [0.2, 0.25) is 0 Å². The Hall–Kier alpha value is -0.950. The van der Waals surface area contributed by atoms with Gasteiger partial charge in [0.15, 0.2) is 0 Å². The van der Waals surface area contributed by atoms with Crippen LogP contribution in [0.4, 0.5) is 5.82 Å². The summed E-state index contributed by atoms with van der Waals surface area (Å²) >= 11 is 3.88. The summed E-state index contributed by atoms with van der Waals surface area (Å²) in [5.74, 6) is 4.00. The second-order valence-electron chi connectivity index (χ2n) is 4.49. The fraction of sp³-hybridized carbons (Fsp3) is 0.615. The molecule has 1 aliphatic rings. The predicted molar refractivity (Wildman–Crippen MR) is 86.7 cm³/mol. The minimum atomic E-state index is -0.145. The lowest BCUT2D eigenvalue weighted by Gasteiger charge is -2.20. The Morgan fingerprint density at radius 1 is 1.45 bits per heavy atom. The largest absolute Gasteiger partial charge is 0.369 e. The third-order valence-corrected chi connectivity index (χ3v) is 5.64. The van der Waals surface area contributed by atoms with E-state index in [-0.39, 0.29) is 5.91 Å². The van der Waals surface area contributed by atoms with Crippen molar-refractivity contribution in [1.82, 2.24) is 15.3 Å². The number of carbonyl (C=O) groups is 1. The Labute approximate surface area is 128 Å². The van der Waals surface area contributed by atoms with Gasteiger partial charge in [0, 0.05) is 35.6 Å². The highest BCUT2D eigenvalue weighted by Gasteiger charge is 2.16. The lowest BCUT2D eigenvalue weighted by molar-refractivity contribution is 0.0949. The maximum absolute atomic E-state index is 12.1. The summed E-state index contributed by atoms with van der Waals surface area (Å²) in [6.07, 6.45) is 4.16. The molecule has 5 nitrogen and oxygen atoms in total. The van der Waals surface area contributed by atoms with E-state index in [1.165, 1.54) is 17.7 Å². The van der Waals surface area contributed by atoms with Crippen LogP contribution in [0.25, 0.3) is 0 Å². The van der Waals surface area contributed by atoms with Gasteiger partial charge < -0.3 is 10.6 Å². The van der Waals surface area contributed by atoms with Gasteiger partial charge in [-0.05, 0) is 6.42 Å². The molecule has 7 heteroatoms. The number of thioether (sulfide) groups is 2. The Morgan fingerprint density at radius 2 is 2.35 bits per heavy atom. The van der Waals surface area contributed by atoms with Crippen LogP contribution in [0.1, 0.15) is 23.8 Å². The van der Waals surface area contributed by atoms with Crippen molar-refractivity contribution in [2.24, 2.45) is 0 Å². The number of amides is 1. The molecule has 1 aliphatic heterocycles. The third-order valence-electron chi connectivity index (χ3n) is 2.80. The van der Waals surface area contributed by atoms with E-state index in [1.54, 1.807) is 6.20 Å². The zero-order valence-electron chi connectivity index (χ0n) is 11.6. The first-order valence-corrected chi connectivity index (χ1v) is 9.03. The van der Waals surface area contributed by atoms with Crippen molar-refractivity contribution in [3.63, 3.8) is 0 Å². The number of hydrogen-bond donors (Lipinski definition) is 2. The average molecular weight is 312 g/mol. The van der Waals surface area contributed by atoms with Gasteiger partial charge in [-0.1, -0.05) is 6.92 Å². The van der Waals surface area contributed by atoms with Gasteiger partial charge >= 0.3 is 0 Å². The van der Waals surface area contributed by atoms with Crippen LogP contribution in [-0.4, -0.2) is 51.5 Å². The van der Waals surface area contributed by atoms with Gasteiger partial charge in [-0.2, -0.15) is 23.5 Å². The quantitative estimate of drug-likeness (QED) is 0.836. The van der Waals surface area contributed by atoms with E-state index in [1.807, 2.05) is 23.5 Å². The second-order valence-corrected chi connectivity index (χ2v) is 7.05. The van der Waals surface area contributed by atoms with Crippen molar-refractivity contribution >= 4 is 35.2 Å². The Bertz CT molecular complexity index is 438. The molecule has 1 fully saturated rings. The minimum absolute atomic E-state index is 0.145. The normalized spacial score (nSPS) is 18.6. The fourth-order valence-electron chi connectivity index (χ4n) is 1.77. The number of hydrogen-bond acceptors (Lipinski definition) is 6. The van der Waals surface area contributed by atoms with E-state index in [2.05, 4.69) is 27.5 Å². The number of rotatable bonds is 6. The molecule has 2 rings (SSSR count). The van der Waals surface area contributed by atoms with Crippen molar-refractivity contribution in [3.8, 4) is 0 Å². The highest BCUT2D eigenvalue weighted by Crippen LogP contribution is 2.23. The SMILES string of the molecule is CCCNc1cncc(C(=O)NCC2CSCCS2)n1. The number of nitrogens with zero attached hydrogens (tertiary/aromatic N) is 2. The fourth-order valence-corrected chi connectivity index (χ4v) is 4.38. The number of aromatic nitrogens is 2. The zero-order chi connectivity index (χ0) is 14.2. The van der Waals surface area contributed by atoms with Gasteiger partial charge in [-0.25, -0.2) is 4.98 Å². The molecule has 1 atom stereocenters. The van der Waals surface area contributed by atoms with E-state index in [0.717, 1.165) is 18.7 Å². The number of carbonyl (C=O) groups excluding carboxylic acids is 1. The molecule has 0 radical (unpaired) electrons. The van der Waals surface area contributed by atoms with Crippen molar-refractivity contribution in [1.29, 1.82) is 0 Å². The van der Waals surface area contributed by atoms with Crippen molar-refractivity contribution < 1.29 is 4.79 Å². The van der Waals surface area contributed by atoms with Crippen LogP contribution in [0.2, 0.25) is 0 Å². The van der Waals surface area contributed by atoms with Crippen LogP contribution in [-0.2, 0) is 0 Å². The Morgan fingerprint density at radius 3 is 3.10 bits per heavy atom. The van der Waals surface area contributed by atoms with Gasteiger partial charge in [0.1, 0.15) is 11.5 Å². The van der Waals surface area contributed by atoms with Crippen LogP contribution >= 0.6 is 23.5 Å². The smallest absolute Gasteiger partial charge is 0.271 e. The molecule has 1 saturated heterocycles. The molecular weight excluding hydrogens is 292 g/mol. The summed E-state index contributed by atoms with van der Waals surface area (Å²) in [4.78, 5) is 20.4. The molecule has 1 aromatic rings. The van der Waals surface area contributed by atoms with E-state index in [0.29, 0.717) is 23.3 Å². The standard InChI is InChI=1S/C13H20N4OS2/c1-2-3-15-12-8-14-7-11(17-12)13(18)16-6-10-9-19-4-5-20-10/h7-8,10H,2-6,9H2,1H3,(H,15,17)(H,16,18). The third kappa shape index (κ3) is 4.86. The summed E-state index contributed by atoms with van der Waals surface area (Å²) in [6.45, 7) is 3.61. The zero-order valence-corrected chi connectivity index (χ0v) is 13.2. The van der Waals surface area contributed by atoms with Gasteiger partial charge in [-0.15, -0.1) is 0 Å². The molecule has 0 saturated carbocycles. The molecule has 1 amide bonds. The second kappa shape index (κ2) is 8.36. The van der Waals surface area contributed by atoms with Crippen molar-refractivity contribution in [2.45, 2.75) is 18.6 Å². The molecule has 0 aromatic carbocycles. The summed E-state index contributed by atoms with van der Waals surface area (Å²) in [6, 6.07) is 0. The van der Waals surface area contributed by atoms with Crippen LogP contribution < -0.4 is 10.6 Å². The minimum Gasteiger partial charge on any atom is -0.369 e. The monoisotopic (exact) mass is 312 g/mol. The van der Waals surface area contributed by atoms with Gasteiger partial charge in [0.25, 0.3) is 5.91 Å². The van der Waals surface area contributed by atoms with E-state index in [9.17, 15) is 4.79 Å². The van der Waals surface area contributed by atoms with E-state index < -0.39 is 0 Å². The molecule has 0 spiro atoms. The molecule has 0 aliphatic carbocycles. The lowest BCUT2D eigenvalue weighted by atomic mass is 10.4. The maximum atomic E-state index is 12.1. The summed E-state index contributed by atoms with van der Waals surface area (Å²) < 4.78 is 0. The number of nitrogens with one attached hydrogen (secondary N) is 2. The van der Waals surface area contributed by atoms with E-state index in [4.69, 9.17) is 0 Å². The Kier molecular flexibility index (Phi) is 6.46. The first kappa shape index (κ1) is 15.4. The summed E-state index contributed by atoms with van der Waals surface area (Å²) in [7, 11) is 0.